The lowest BCUT2D eigenvalue weighted by atomic mass is 10.1. The molecule has 12 heteroatoms. The molecule has 0 saturated heterocycles. The summed E-state index contributed by atoms with van der Waals surface area (Å²) >= 11 is 1.20. The van der Waals surface area contributed by atoms with Gasteiger partial charge in [-0.25, -0.2) is 0 Å². The number of hydrogen-bond acceptors (Lipinski definition) is 6. The van der Waals surface area contributed by atoms with Crippen molar-refractivity contribution in [1.82, 2.24) is 5.32 Å². The second kappa shape index (κ2) is 15.9. The number of nitrogens with one attached hydrogen (secondary N) is 3. The van der Waals surface area contributed by atoms with Gasteiger partial charge in [0.1, 0.15) is 17.2 Å². The number of anilines is 2. The van der Waals surface area contributed by atoms with E-state index in [9.17, 15) is 27.6 Å². The van der Waals surface area contributed by atoms with E-state index in [4.69, 9.17) is 9.47 Å². The van der Waals surface area contributed by atoms with Gasteiger partial charge in [-0.1, -0.05) is 37.3 Å². The van der Waals surface area contributed by atoms with Crippen LogP contribution in [0.15, 0.2) is 108 Å². The van der Waals surface area contributed by atoms with Crippen LogP contribution in [0, 0.1) is 0 Å². The monoisotopic (exact) mass is 663 g/mol. The number of halogens is 3. The summed E-state index contributed by atoms with van der Waals surface area (Å²) in [4.78, 5) is 40.3. The Bertz CT molecular complexity index is 1760. The third-order valence-electron chi connectivity index (χ3n) is 6.76. The van der Waals surface area contributed by atoms with Crippen LogP contribution >= 0.6 is 11.8 Å². The summed E-state index contributed by atoms with van der Waals surface area (Å²) in [7, 11) is 2.99. The lowest BCUT2D eigenvalue weighted by Crippen LogP contribution is -2.30. The molecule has 4 rings (SSSR count). The molecule has 0 heterocycles. The van der Waals surface area contributed by atoms with Crippen molar-refractivity contribution >= 4 is 46.9 Å². The Kier molecular flexibility index (Phi) is 11.7. The fourth-order valence-corrected chi connectivity index (χ4v) is 5.38. The second-order valence-electron chi connectivity index (χ2n) is 10.1. The Morgan fingerprint density at radius 1 is 0.830 bits per heavy atom. The molecular formula is C35H32F3N3O5S. The molecule has 3 amide bonds. The number of thioether (sulfide) groups is 1. The third-order valence-corrected chi connectivity index (χ3v) is 8.12. The zero-order chi connectivity index (χ0) is 34.0. The molecule has 0 aromatic heterocycles. The van der Waals surface area contributed by atoms with Gasteiger partial charge in [-0.2, -0.15) is 13.2 Å². The zero-order valence-corrected chi connectivity index (χ0v) is 26.5. The second-order valence-corrected chi connectivity index (χ2v) is 11.3. The van der Waals surface area contributed by atoms with E-state index in [1.807, 2.05) is 0 Å². The Morgan fingerprint density at radius 2 is 1.53 bits per heavy atom. The maximum absolute atomic E-state index is 13.6. The number of methoxy groups -OCH3 is 2. The van der Waals surface area contributed by atoms with Gasteiger partial charge in [0.2, 0.25) is 5.91 Å². The molecule has 1 atom stereocenters. The molecule has 0 aliphatic heterocycles. The van der Waals surface area contributed by atoms with Crippen LogP contribution in [0.4, 0.5) is 24.5 Å². The zero-order valence-electron chi connectivity index (χ0n) is 25.7. The van der Waals surface area contributed by atoms with Crippen molar-refractivity contribution in [2.75, 3.05) is 24.9 Å². The number of amides is 3. The van der Waals surface area contributed by atoms with E-state index in [1.165, 1.54) is 44.2 Å². The molecular weight excluding hydrogens is 631 g/mol. The minimum absolute atomic E-state index is 0.0373. The van der Waals surface area contributed by atoms with Gasteiger partial charge in [0.25, 0.3) is 11.8 Å². The molecule has 0 aliphatic carbocycles. The lowest BCUT2D eigenvalue weighted by Gasteiger charge is -2.17. The van der Waals surface area contributed by atoms with Crippen LogP contribution in [0.3, 0.4) is 0 Å². The predicted molar refractivity (Wildman–Crippen MR) is 177 cm³/mol. The summed E-state index contributed by atoms with van der Waals surface area (Å²) in [5, 5.41) is 7.40. The number of carbonyl (C=O) groups excluding carboxylic acids is 3. The standard InChI is InChI=1S/C35H32F3N3O5S/c1-4-31(34(44)40-25-13-8-12-24(19-25)35(36,37)38)47-28-15-9-14-26(20-28)39-33(43)29(41-32(42)22-10-6-5-7-11-22)18-23-16-17-27(45-2)21-30(23)46-3/h5-21,31H,4H2,1-3H3,(H,39,43)(H,40,44)(H,41,42)/b29-18+. The number of hydrogen-bond donors (Lipinski definition) is 3. The largest absolute Gasteiger partial charge is 0.497 e. The van der Waals surface area contributed by atoms with E-state index < -0.39 is 34.7 Å². The highest BCUT2D eigenvalue weighted by Gasteiger charge is 2.30. The van der Waals surface area contributed by atoms with Crippen LogP contribution in [0.5, 0.6) is 11.5 Å². The molecule has 3 N–H and O–H groups in total. The molecule has 47 heavy (non-hydrogen) atoms. The van der Waals surface area contributed by atoms with Gasteiger partial charge >= 0.3 is 6.18 Å². The minimum atomic E-state index is -4.54. The minimum Gasteiger partial charge on any atom is -0.497 e. The molecule has 1 unspecified atom stereocenters. The highest BCUT2D eigenvalue weighted by atomic mass is 32.2. The Labute approximate surface area is 274 Å². The molecule has 0 fully saturated rings. The lowest BCUT2D eigenvalue weighted by molar-refractivity contribution is -0.137. The number of carbonyl (C=O) groups is 3. The van der Waals surface area contributed by atoms with E-state index in [0.29, 0.717) is 39.6 Å². The van der Waals surface area contributed by atoms with Crippen LogP contribution in [0.25, 0.3) is 6.08 Å². The van der Waals surface area contributed by atoms with Gasteiger partial charge in [-0.3, -0.25) is 14.4 Å². The number of benzene rings is 4. The molecule has 0 radical (unpaired) electrons. The van der Waals surface area contributed by atoms with Crippen molar-refractivity contribution in [3.8, 4) is 11.5 Å². The molecule has 8 nitrogen and oxygen atoms in total. The average Bonchev–Trinajstić information content (AvgIpc) is 3.07. The molecule has 244 valence electrons. The summed E-state index contributed by atoms with van der Waals surface area (Å²) in [5.74, 6) is -0.629. The number of rotatable bonds is 12. The molecule has 0 saturated carbocycles. The highest BCUT2D eigenvalue weighted by Crippen LogP contribution is 2.32. The van der Waals surface area contributed by atoms with E-state index in [0.717, 1.165) is 12.1 Å². The van der Waals surface area contributed by atoms with E-state index >= 15 is 0 Å². The Morgan fingerprint density at radius 3 is 2.19 bits per heavy atom. The highest BCUT2D eigenvalue weighted by molar-refractivity contribution is 8.00. The van der Waals surface area contributed by atoms with Crippen molar-refractivity contribution in [1.29, 1.82) is 0 Å². The number of alkyl halides is 3. The van der Waals surface area contributed by atoms with E-state index in [-0.39, 0.29) is 11.4 Å². The maximum atomic E-state index is 13.6. The number of ether oxygens (including phenoxy) is 2. The van der Waals surface area contributed by atoms with Crippen LogP contribution in [0.1, 0.15) is 34.8 Å². The van der Waals surface area contributed by atoms with Crippen molar-refractivity contribution in [2.24, 2.45) is 0 Å². The van der Waals surface area contributed by atoms with Crippen molar-refractivity contribution in [3.05, 3.63) is 119 Å². The van der Waals surface area contributed by atoms with Gasteiger partial charge in [0.05, 0.1) is 25.0 Å². The third kappa shape index (κ3) is 9.63. The van der Waals surface area contributed by atoms with Crippen LogP contribution in [0.2, 0.25) is 0 Å². The van der Waals surface area contributed by atoms with Gasteiger partial charge in [-0.15, -0.1) is 11.8 Å². The molecule has 0 spiro atoms. The first-order chi connectivity index (χ1) is 22.5. The molecule has 0 aliphatic rings. The fourth-order valence-electron chi connectivity index (χ4n) is 4.36. The molecule has 4 aromatic carbocycles. The fraction of sp³-hybridized carbons (Fsp3) is 0.171. The topological polar surface area (TPSA) is 106 Å². The SMILES string of the molecule is CCC(Sc1cccc(NC(=O)/C(=C\c2ccc(OC)cc2OC)NC(=O)c2ccccc2)c1)C(=O)Nc1cccc(C(F)(F)F)c1. The summed E-state index contributed by atoms with van der Waals surface area (Å²) in [6.45, 7) is 1.79. The Balaban J connectivity index is 1.54. The van der Waals surface area contributed by atoms with Crippen LogP contribution in [-0.2, 0) is 15.8 Å². The smallest absolute Gasteiger partial charge is 0.416 e. The van der Waals surface area contributed by atoms with Gasteiger partial charge in [0.15, 0.2) is 0 Å². The molecule has 4 aromatic rings. The first kappa shape index (κ1) is 34.6. The summed E-state index contributed by atoms with van der Waals surface area (Å²) < 4.78 is 50.1. The first-order valence-corrected chi connectivity index (χ1v) is 15.2. The van der Waals surface area contributed by atoms with Crippen LogP contribution in [-0.4, -0.2) is 37.2 Å². The van der Waals surface area contributed by atoms with E-state index in [1.54, 1.807) is 79.7 Å². The van der Waals surface area contributed by atoms with Gasteiger partial charge in [0, 0.05) is 33.5 Å². The maximum Gasteiger partial charge on any atom is 0.416 e. The van der Waals surface area contributed by atoms with Gasteiger partial charge < -0.3 is 25.4 Å². The summed E-state index contributed by atoms with van der Waals surface area (Å²) in [6.07, 6.45) is -2.67. The molecule has 0 bridgehead atoms. The van der Waals surface area contributed by atoms with Crippen molar-refractivity contribution in [3.63, 3.8) is 0 Å². The summed E-state index contributed by atoms with van der Waals surface area (Å²) in [6, 6.07) is 24.6. The van der Waals surface area contributed by atoms with E-state index in [2.05, 4.69) is 16.0 Å². The first-order valence-electron chi connectivity index (χ1n) is 14.4. The average molecular weight is 664 g/mol. The van der Waals surface area contributed by atoms with Gasteiger partial charge in [-0.05, 0) is 73.2 Å². The van der Waals surface area contributed by atoms with Crippen molar-refractivity contribution < 1.29 is 37.0 Å². The Hall–Kier alpha value is -5.23. The summed E-state index contributed by atoms with van der Waals surface area (Å²) in [5.41, 5.74) is 0.351. The normalized spacial score (nSPS) is 12.1. The van der Waals surface area contributed by atoms with Crippen LogP contribution < -0.4 is 25.4 Å². The predicted octanol–water partition coefficient (Wildman–Crippen LogP) is 7.64. The van der Waals surface area contributed by atoms with Crippen molar-refractivity contribution in [2.45, 2.75) is 29.7 Å². The quantitative estimate of drug-likeness (QED) is 0.106.